The fourth-order valence-electron chi connectivity index (χ4n) is 1.61. The fraction of sp³-hybridized carbons (Fsp3) is 0.154. The quantitative estimate of drug-likeness (QED) is 0.798. The molecule has 0 aliphatic rings. The Bertz CT molecular complexity index is 578. The van der Waals surface area contributed by atoms with Gasteiger partial charge in [-0.2, -0.15) is 0 Å². The van der Waals surface area contributed by atoms with Gasteiger partial charge in [0.15, 0.2) is 11.6 Å². The Kier molecular flexibility index (Phi) is 4.14. The highest BCUT2D eigenvalue weighted by Crippen LogP contribution is 2.16. The lowest BCUT2D eigenvalue weighted by Crippen LogP contribution is -2.29. The van der Waals surface area contributed by atoms with Crippen molar-refractivity contribution >= 4 is 12.6 Å². The molecule has 1 aromatic carbocycles. The first-order valence-corrected chi connectivity index (χ1v) is 5.77. The van der Waals surface area contributed by atoms with E-state index >= 15 is 0 Å². The van der Waals surface area contributed by atoms with Crippen LogP contribution < -0.4 is 10.2 Å². The molecule has 0 unspecified atom stereocenters. The molecule has 1 heterocycles. The lowest BCUT2D eigenvalue weighted by molar-refractivity contribution is 0.285. The van der Waals surface area contributed by atoms with E-state index in [1.54, 1.807) is 6.20 Å². The molecule has 0 bridgehead atoms. The summed E-state index contributed by atoms with van der Waals surface area (Å²) >= 11 is 0. The lowest BCUT2D eigenvalue weighted by atomic mass is 9.80. The molecular formula is C13H13BFNO3. The molecule has 0 radical (unpaired) electrons. The number of aryl methyl sites for hydroxylation is 1. The van der Waals surface area contributed by atoms with E-state index < -0.39 is 12.9 Å². The molecule has 0 fully saturated rings. The van der Waals surface area contributed by atoms with Crippen LogP contribution in [-0.2, 0) is 6.61 Å². The molecule has 0 aliphatic heterocycles. The largest absolute Gasteiger partial charge is 0.488 e. The van der Waals surface area contributed by atoms with Gasteiger partial charge in [0, 0.05) is 6.20 Å². The molecule has 0 spiro atoms. The third-order valence-corrected chi connectivity index (χ3v) is 2.74. The number of pyridine rings is 1. The predicted octanol–water partition coefficient (Wildman–Crippen LogP) is 0.788. The average molecular weight is 261 g/mol. The van der Waals surface area contributed by atoms with Crippen LogP contribution in [0, 0.1) is 12.7 Å². The second-order valence-corrected chi connectivity index (χ2v) is 4.12. The Labute approximate surface area is 110 Å². The molecule has 0 aliphatic carbocycles. The Morgan fingerprint density at radius 2 is 2.11 bits per heavy atom. The maximum absolute atomic E-state index is 13.5. The molecule has 0 amide bonds. The highest BCUT2D eigenvalue weighted by molar-refractivity contribution is 6.58. The van der Waals surface area contributed by atoms with Crippen molar-refractivity contribution < 1.29 is 19.2 Å². The predicted molar refractivity (Wildman–Crippen MR) is 69.5 cm³/mol. The minimum atomic E-state index is -1.65. The molecule has 19 heavy (non-hydrogen) atoms. The average Bonchev–Trinajstić information content (AvgIpc) is 2.39. The summed E-state index contributed by atoms with van der Waals surface area (Å²) < 4.78 is 18.9. The van der Waals surface area contributed by atoms with Gasteiger partial charge in [0.1, 0.15) is 6.61 Å². The van der Waals surface area contributed by atoms with Gasteiger partial charge in [0.2, 0.25) is 0 Å². The summed E-state index contributed by atoms with van der Waals surface area (Å²) in [5.74, 6) is -0.589. The van der Waals surface area contributed by atoms with Crippen LogP contribution in [0.1, 0.15) is 11.3 Å². The Morgan fingerprint density at radius 1 is 1.32 bits per heavy atom. The van der Waals surface area contributed by atoms with Crippen molar-refractivity contribution in [1.82, 2.24) is 4.98 Å². The summed E-state index contributed by atoms with van der Waals surface area (Å²) in [5, 5.41) is 18.1. The number of benzene rings is 1. The van der Waals surface area contributed by atoms with E-state index in [1.165, 1.54) is 12.1 Å². The second kappa shape index (κ2) is 5.82. The normalized spacial score (nSPS) is 10.3. The summed E-state index contributed by atoms with van der Waals surface area (Å²) in [4.78, 5) is 4.13. The topological polar surface area (TPSA) is 62.6 Å². The van der Waals surface area contributed by atoms with Crippen LogP contribution >= 0.6 is 0 Å². The molecule has 2 N–H and O–H groups in total. The molecule has 4 nitrogen and oxygen atoms in total. The Morgan fingerprint density at radius 3 is 2.79 bits per heavy atom. The van der Waals surface area contributed by atoms with Gasteiger partial charge in [-0.3, -0.25) is 4.98 Å². The Balaban J connectivity index is 2.15. The van der Waals surface area contributed by atoms with E-state index in [2.05, 4.69) is 4.98 Å². The number of hydrogen-bond donors (Lipinski definition) is 2. The molecule has 6 heteroatoms. The van der Waals surface area contributed by atoms with Crippen LogP contribution in [-0.4, -0.2) is 22.2 Å². The first-order valence-electron chi connectivity index (χ1n) is 5.77. The summed E-state index contributed by atoms with van der Waals surface area (Å²) in [6.45, 7) is 2.00. The van der Waals surface area contributed by atoms with Gasteiger partial charge in [-0.25, -0.2) is 4.39 Å². The zero-order valence-electron chi connectivity index (χ0n) is 10.4. The Hall–Kier alpha value is -1.92. The number of rotatable bonds is 4. The number of hydrogen-bond acceptors (Lipinski definition) is 4. The van der Waals surface area contributed by atoms with E-state index in [9.17, 15) is 4.39 Å². The number of aromatic nitrogens is 1. The molecule has 0 atom stereocenters. The van der Waals surface area contributed by atoms with Gasteiger partial charge < -0.3 is 14.8 Å². The summed E-state index contributed by atoms with van der Waals surface area (Å²) in [6, 6.07) is 7.38. The minimum absolute atomic E-state index is 0.0318. The standard InChI is InChI=1S/C13H13BFNO3/c1-9-3-2-6-16-12(9)8-19-13-7-10(14(17)18)4-5-11(13)15/h2-7,17-18H,8H2,1H3. The third-order valence-electron chi connectivity index (χ3n) is 2.74. The van der Waals surface area contributed by atoms with Crippen molar-refractivity contribution in [3.05, 3.63) is 53.6 Å². The molecular weight excluding hydrogens is 248 g/mol. The minimum Gasteiger partial charge on any atom is -0.484 e. The van der Waals surface area contributed by atoms with Gasteiger partial charge in [-0.15, -0.1) is 0 Å². The van der Waals surface area contributed by atoms with Crippen LogP contribution in [0.4, 0.5) is 4.39 Å². The first kappa shape index (κ1) is 13.5. The fourth-order valence-corrected chi connectivity index (χ4v) is 1.61. The van der Waals surface area contributed by atoms with Gasteiger partial charge in [-0.05, 0) is 36.1 Å². The van der Waals surface area contributed by atoms with Crippen molar-refractivity contribution in [2.75, 3.05) is 0 Å². The zero-order chi connectivity index (χ0) is 13.8. The number of nitrogens with zero attached hydrogens (tertiary/aromatic N) is 1. The summed E-state index contributed by atoms with van der Waals surface area (Å²) in [7, 11) is -1.65. The molecule has 2 aromatic rings. The zero-order valence-corrected chi connectivity index (χ0v) is 10.4. The molecule has 1 aromatic heterocycles. The first-order chi connectivity index (χ1) is 9.08. The van der Waals surface area contributed by atoms with Crippen LogP contribution in [0.3, 0.4) is 0 Å². The SMILES string of the molecule is Cc1cccnc1COc1cc(B(O)O)ccc1F. The van der Waals surface area contributed by atoms with E-state index in [4.69, 9.17) is 14.8 Å². The second-order valence-electron chi connectivity index (χ2n) is 4.12. The van der Waals surface area contributed by atoms with E-state index in [1.807, 2.05) is 19.1 Å². The van der Waals surface area contributed by atoms with Crippen molar-refractivity contribution in [3.8, 4) is 5.75 Å². The van der Waals surface area contributed by atoms with E-state index in [-0.39, 0.29) is 17.8 Å². The van der Waals surface area contributed by atoms with E-state index in [0.717, 1.165) is 11.6 Å². The van der Waals surface area contributed by atoms with E-state index in [0.29, 0.717) is 5.69 Å². The van der Waals surface area contributed by atoms with Crippen molar-refractivity contribution in [3.63, 3.8) is 0 Å². The smallest absolute Gasteiger partial charge is 0.484 e. The monoisotopic (exact) mass is 261 g/mol. The highest BCUT2D eigenvalue weighted by Gasteiger charge is 2.14. The van der Waals surface area contributed by atoms with Crippen LogP contribution in [0.25, 0.3) is 0 Å². The highest BCUT2D eigenvalue weighted by atomic mass is 19.1. The molecule has 2 rings (SSSR count). The summed E-state index contributed by atoms with van der Waals surface area (Å²) in [6.07, 6.45) is 1.63. The van der Waals surface area contributed by atoms with Crippen LogP contribution in [0.5, 0.6) is 5.75 Å². The maximum atomic E-state index is 13.5. The van der Waals surface area contributed by atoms with Crippen LogP contribution in [0.15, 0.2) is 36.5 Å². The lowest BCUT2D eigenvalue weighted by Gasteiger charge is -2.10. The maximum Gasteiger partial charge on any atom is 0.488 e. The van der Waals surface area contributed by atoms with Gasteiger partial charge in [0.25, 0.3) is 0 Å². The van der Waals surface area contributed by atoms with Crippen molar-refractivity contribution in [2.24, 2.45) is 0 Å². The van der Waals surface area contributed by atoms with Gasteiger partial charge in [0.05, 0.1) is 5.69 Å². The number of halogens is 1. The third kappa shape index (κ3) is 3.30. The van der Waals surface area contributed by atoms with Gasteiger partial charge >= 0.3 is 7.12 Å². The van der Waals surface area contributed by atoms with Crippen molar-refractivity contribution in [2.45, 2.75) is 13.5 Å². The molecule has 98 valence electrons. The summed E-state index contributed by atoms with van der Waals surface area (Å²) in [5.41, 5.74) is 1.83. The van der Waals surface area contributed by atoms with Crippen LogP contribution in [0.2, 0.25) is 0 Å². The number of ether oxygens (including phenoxy) is 1. The molecule has 0 saturated heterocycles. The molecule has 0 saturated carbocycles. The van der Waals surface area contributed by atoms with Crippen molar-refractivity contribution in [1.29, 1.82) is 0 Å². The van der Waals surface area contributed by atoms with Gasteiger partial charge in [-0.1, -0.05) is 12.1 Å².